The average molecular weight is 213 g/mol. The minimum absolute atomic E-state index is 0.172. The summed E-state index contributed by atoms with van der Waals surface area (Å²) in [5, 5.41) is -0.460. The van der Waals surface area contributed by atoms with Crippen molar-refractivity contribution in [1.29, 1.82) is 0 Å². The summed E-state index contributed by atoms with van der Waals surface area (Å²) in [6.45, 7) is 5.35. The molecule has 0 N–H and O–H groups in total. The summed E-state index contributed by atoms with van der Waals surface area (Å²) in [6.07, 6.45) is 3.39. The molecule has 4 nitrogen and oxygen atoms in total. The highest BCUT2D eigenvalue weighted by molar-refractivity contribution is 7.79. The Morgan fingerprint density at radius 2 is 1.86 bits per heavy atom. The zero-order valence-electron chi connectivity index (χ0n) is 8.43. The van der Waals surface area contributed by atoms with Crippen molar-refractivity contribution in [3.63, 3.8) is 0 Å². The van der Waals surface area contributed by atoms with Gasteiger partial charge in [-0.25, -0.2) is 9.97 Å². The van der Waals surface area contributed by atoms with Gasteiger partial charge in [0.2, 0.25) is 0 Å². The maximum absolute atomic E-state index is 10.7. The molecule has 0 aromatic carbocycles. The van der Waals surface area contributed by atoms with Crippen molar-refractivity contribution in [2.24, 2.45) is 0 Å². The third-order valence-corrected chi connectivity index (χ3v) is 3.23. The Bertz CT molecular complexity index is 326. The molecule has 0 aliphatic carbocycles. The first-order valence-electron chi connectivity index (χ1n) is 4.39. The van der Waals surface area contributed by atoms with Gasteiger partial charge in [0.05, 0.1) is 0 Å². The van der Waals surface area contributed by atoms with Crippen LogP contribution in [0.1, 0.15) is 31.2 Å². The molecule has 0 bridgehead atoms. The molecular formula is C9H13N2O2S-. The van der Waals surface area contributed by atoms with Gasteiger partial charge in [0.1, 0.15) is 5.82 Å². The van der Waals surface area contributed by atoms with Crippen LogP contribution in [-0.4, -0.2) is 24.0 Å². The minimum atomic E-state index is -2.08. The molecule has 0 aliphatic heterocycles. The van der Waals surface area contributed by atoms with E-state index in [-0.39, 0.29) is 5.92 Å². The van der Waals surface area contributed by atoms with E-state index >= 15 is 0 Å². The first kappa shape index (κ1) is 11.3. The van der Waals surface area contributed by atoms with Gasteiger partial charge in [0.15, 0.2) is 0 Å². The fraction of sp³-hybridized carbons (Fsp3) is 0.556. The number of hydrogen-bond acceptors (Lipinski definition) is 4. The van der Waals surface area contributed by atoms with Crippen LogP contribution in [0.3, 0.4) is 0 Å². The number of aromatic nitrogens is 2. The smallest absolute Gasteiger partial charge is 0.132 e. The second-order valence-corrected chi connectivity index (χ2v) is 4.64. The van der Waals surface area contributed by atoms with E-state index in [0.29, 0.717) is 5.82 Å². The molecule has 1 aromatic heterocycles. The van der Waals surface area contributed by atoms with E-state index in [9.17, 15) is 8.76 Å². The number of rotatable bonds is 3. The second-order valence-electron chi connectivity index (χ2n) is 3.37. The largest absolute Gasteiger partial charge is 0.772 e. The Morgan fingerprint density at radius 3 is 2.29 bits per heavy atom. The predicted octanol–water partition coefficient (Wildman–Crippen LogP) is 1.16. The molecule has 14 heavy (non-hydrogen) atoms. The van der Waals surface area contributed by atoms with Gasteiger partial charge in [-0.3, -0.25) is 4.21 Å². The van der Waals surface area contributed by atoms with Crippen LogP contribution in [0, 0.1) is 6.92 Å². The summed E-state index contributed by atoms with van der Waals surface area (Å²) >= 11 is -2.08. The van der Waals surface area contributed by atoms with Crippen LogP contribution >= 0.6 is 0 Å². The van der Waals surface area contributed by atoms with Crippen molar-refractivity contribution in [1.82, 2.24) is 9.97 Å². The van der Waals surface area contributed by atoms with Crippen molar-refractivity contribution < 1.29 is 8.76 Å². The molecule has 0 saturated carbocycles. The summed E-state index contributed by atoms with van der Waals surface area (Å²) in [7, 11) is 0. The van der Waals surface area contributed by atoms with Crippen LogP contribution in [0.15, 0.2) is 12.4 Å². The molecule has 0 radical (unpaired) electrons. The monoisotopic (exact) mass is 213 g/mol. The maximum atomic E-state index is 10.7. The lowest BCUT2D eigenvalue weighted by Gasteiger charge is -2.20. The van der Waals surface area contributed by atoms with E-state index < -0.39 is 16.3 Å². The van der Waals surface area contributed by atoms with Crippen LogP contribution in [0.25, 0.3) is 0 Å². The molecule has 1 heterocycles. The van der Waals surface area contributed by atoms with Gasteiger partial charge >= 0.3 is 0 Å². The Kier molecular flexibility index (Phi) is 3.71. The number of aryl methyl sites for hydroxylation is 1. The van der Waals surface area contributed by atoms with Crippen LogP contribution in [0.5, 0.6) is 0 Å². The Labute approximate surface area is 86.1 Å². The summed E-state index contributed by atoms with van der Waals surface area (Å²) in [5.41, 5.74) is 0.969. The van der Waals surface area contributed by atoms with Gasteiger partial charge in [-0.1, -0.05) is 24.9 Å². The SMILES string of the molecule is Cc1cnc([C@@H](C)[C@H](C)S(=O)[O-])nc1. The highest BCUT2D eigenvalue weighted by Crippen LogP contribution is 2.17. The van der Waals surface area contributed by atoms with Gasteiger partial charge in [-0.05, 0) is 12.5 Å². The van der Waals surface area contributed by atoms with Gasteiger partial charge in [-0.2, -0.15) is 0 Å². The van der Waals surface area contributed by atoms with E-state index in [2.05, 4.69) is 9.97 Å². The quantitative estimate of drug-likeness (QED) is 0.706. The average Bonchev–Trinajstić information content (AvgIpc) is 2.16. The molecule has 5 heteroatoms. The highest BCUT2D eigenvalue weighted by Gasteiger charge is 2.17. The molecule has 1 unspecified atom stereocenters. The van der Waals surface area contributed by atoms with Crippen molar-refractivity contribution in [3.05, 3.63) is 23.8 Å². The van der Waals surface area contributed by atoms with Gasteiger partial charge in [-0.15, -0.1) is 0 Å². The first-order chi connectivity index (χ1) is 6.52. The van der Waals surface area contributed by atoms with Crippen molar-refractivity contribution in [2.75, 3.05) is 0 Å². The van der Waals surface area contributed by atoms with Crippen LogP contribution in [0.4, 0.5) is 0 Å². The third kappa shape index (κ3) is 2.59. The zero-order valence-corrected chi connectivity index (χ0v) is 9.25. The van der Waals surface area contributed by atoms with E-state index in [1.54, 1.807) is 19.3 Å². The Morgan fingerprint density at radius 1 is 1.36 bits per heavy atom. The topological polar surface area (TPSA) is 65.9 Å². The summed E-state index contributed by atoms with van der Waals surface area (Å²) in [5.74, 6) is 0.404. The fourth-order valence-corrected chi connectivity index (χ4v) is 1.47. The maximum Gasteiger partial charge on any atom is 0.132 e. The van der Waals surface area contributed by atoms with Crippen molar-refractivity contribution >= 4 is 11.1 Å². The molecule has 0 fully saturated rings. The Hall–Kier alpha value is -0.810. The second kappa shape index (κ2) is 4.61. The van der Waals surface area contributed by atoms with E-state index in [0.717, 1.165) is 5.56 Å². The van der Waals surface area contributed by atoms with E-state index in [1.165, 1.54) is 0 Å². The standard InChI is InChI=1S/C9H14N2O2S/c1-6-4-10-9(11-5-6)7(2)8(3)14(12)13/h4-5,7-8H,1-3H3,(H,12,13)/p-1/t7-,8-/m0/s1. The van der Waals surface area contributed by atoms with Gasteiger partial charge in [0.25, 0.3) is 0 Å². The van der Waals surface area contributed by atoms with E-state index in [1.807, 2.05) is 13.8 Å². The van der Waals surface area contributed by atoms with Crippen molar-refractivity contribution in [2.45, 2.75) is 31.9 Å². The Balaban J connectivity index is 2.84. The zero-order chi connectivity index (χ0) is 10.7. The molecule has 1 aromatic rings. The number of hydrogen-bond donors (Lipinski definition) is 0. The van der Waals surface area contributed by atoms with E-state index in [4.69, 9.17) is 0 Å². The lowest BCUT2D eigenvalue weighted by molar-refractivity contribution is 0.511. The fourth-order valence-electron chi connectivity index (χ4n) is 1.01. The van der Waals surface area contributed by atoms with Crippen LogP contribution in [-0.2, 0) is 11.1 Å². The molecule has 0 aliphatic rings. The number of nitrogens with zero attached hydrogens (tertiary/aromatic N) is 2. The first-order valence-corrected chi connectivity index (χ1v) is 5.52. The lowest BCUT2D eigenvalue weighted by Crippen LogP contribution is -2.19. The van der Waals surface area contributed by atoms with Gasteiger partial charge < -0.3 is 4.55 Å². The van der Waals surface area contributed by atoms with Crippen LogP contribution < -0.4 is 0 Å². The highest BCUT2D eigenvalue weighted by atomic mass is 32.2. The normalized spacial score (nSPS) is 17.4. The lowest BCUT2D eigenvalue weighted by atomic mass is 10.1. The summed E-state index contributed by atoms with van der Waals surface area (Å²) in [6, 6.07) is 0. The molecule has 0 spiro atoms. The molecule has 3 atom stereocenters. The predicted molar refractivity (Wildman–Crippen MR) is 53.6 cm³/mol. The minimum Gasteiger partial charge on any atom is -0.772 e. The van der Waals surface area contributed by atoms with Crippen molar-refractivity contribution in [3.8, 4) is 0 Å². The summed E-state index contributed by atoms with van der Waals surface area (Å²) < 4.78 is 21.5. The van der Waals surface area contributed by atoms with Gasteiger partial charge in [0, 0.05) is 23.6 Å². The summed E-state index contributed by atoms with van der Waals surface area (Å²) in [4.78, 5) is 8.19. The van der Waals surface area contributed by atoms with Crippen LogP contribution in [0.2, 0.25) is 0 Å². The molecule has 0 amide bonds. The molecular weight excluding hydrogens is 200 g/mol. The third-order valence-electron chi connectivity index (χ3n) is 2.22. The molecule has 0 saturated heterocycles. The molecule has 1 rings (SSSR count). The molecule has 78 valence electrons.